The zero-order valence-electron chi connectivity index (χ0n) is 14.5. The number of fused-ring (bicyclic) bond motifs is 1. The van der Waals surface area contributed by atoms with E-state index in [1.165, 1.54) is 44.5 Å². The molecule has 0 radical (unpaired) electrons. The third kappa shape index (κ3) is 3.44. The highest BCUT2D eigenvalue weighted by Gasteiger charge is 2.17. The van der Waals surface area contributed by atoms with Gasteiger partial charge in [-0.3, -0.25) is 0 Å². The van der Waals surface area contributed by atoms with E-state index >= 15 is 0 Å². The van der Waals surface area contributed by atoms with Gasteiger partial charge in [-0.1, -0.05) is 19.3 Å². The van der Waals surface area contributed by atoms with E-state index in [4.69, 9.17) is 0 Å². The maximum atomic E-state index is 11.5. The first-order valence-corrected chi connectivity index (χ1v) is 10.6. The fourth-order valence-corrected chi connectivity index (χ4v) is 3.88. The van der Waals surface area contributed by atoms with Gasteiger partial charge in [-0.2, -0.15) is 0 Å². The van der Waals surface area contributed by atoms with Crippen molar-refractivity contribution < 1.29 is 8.42 Å². The molecule has 4 rings (SSSR count). The van der Waals surface area contributed by atoms with Gasteiger partial charge in [0.05, 0.1) is 18.2 Å². The van der Waals surface area contributed by atoms with Gasteiger partial charge in [-0.05, 0) is 18.8 Å². The molecule has 9 heteroatoms. The molecule has 136 valence electrons. The van der Waals surface area contributed by atoms with Crippen molar-refractivity contribution in [1.29, 1.82) is 0 Å². The number of hydrogen-bond donors (Lipinski definition) is 0. The average Bonchev–Trinajstić information content (AvgIpc) is 3.04. The molecular formula is C17H20N6O2S. The number of rotatable bonds is 4. The summed E-state index contributed by atoms with van der Waals surface area (Å²) in [5, 5.41) is -0.197. The summed E-state index contributed by atoms with van der Waals surface area (Å²) < 4.78 is 25.0. The average molecular weight is 372 g/mol. The lowest BCUT2D eigenvalue weighted by molar-refractivity contribution is 0.321. The van der Waals surface area contributed by atoms with Crippen LogP contribution in [0.4, 0.5) is 0 Å². The van der Waals surface area contributed by atoms with Crippen molar-refractivity contribution in [2.24, 2.45) is 5.92 Å². The van der Waals surface area contributed by atoms with E-state index in [-0.39, 0.29) is 5.16 Å². The first-order chi connectivity index (χ1) is 12.5. The van der Waals surface area contributed by atoms with Gasteiger partial charge in [0.25, 0.3) is 0 Å². The Bertz CT molecular complexity index is 1020. The van der Waals surface area contributed by atoms with Crippen LogP contribution >= 0.6 is 0 Å². The Morgan fingerprint density at radius 3 is 2.46 bits per heavy atom. The fraction of sp³-hybridized carbons (Fsp3) is 0.471. The molecule has 3 aromatic rings. The van der Waals surface area contributed by atoms with Crippen LogP contribution in [0.2, 0.25) is 0 Å². The van der Waals surface area contributed by atoms with E-state index in [1.807, 2.05) is 0 Å². The van der Waals surface area contributed by atoms with Gasteiger partial charge >= 0.3 is 0 Å². The largest absolute Gasteiger partial charge is 0.314 e. The van der Waals surface area contributed by atoms with E-state index in [0.29, 0.717) is 22.8 Å². The number of sulfone groups is 1. The molecule has 1 saturated carbocycles. The van der Waals surface area contributed by atoms with Crippen LogP contribution in [0.1, 0.15) is 32.1 Å². The predicted octanol–water partition coefficient (Wildman–Crippen LogP) is 2.27. The summed E-state index contributed by atoms with van der Waals surface area (Å²) in [6.45, 7) is 0.901. The zero-order valence-corrected chi connectivity index (χ0v) is 15.4. The zero-order chi connectivity index (χ0) is 18.1. The van der Waals surface area contributed by atoms with E-state index in [0.717, 1.165) is 18.4 Å². The van der Waals surface area contributed by atoms with Crippen molar-refractivity contribution in [2.75, 3.05) is 6.26 Å². The normalized spacial score (nSPS) is 16.2. The summed E-state index contributed by atoms with van der Waals surface area (Å²) in [6, 6.07) is 0. The van der Waals surface area contributed by atoms with Gasteiger partial charge in [-0.25, -0.2) is 33.3 Å². The Balaban J connectivity index is 1.65. The summed E-state index contributed by atoms with van der Waals surface area (Å²) in [7, 11) is -3.42. The van der Waals surface area contributed by atoms with Crippen LogP contribution in [0, 0.1) is 5.92 Å². The molecular weight excluding hydrogens is 352 g/mol. The Hall–Kier alpha value is -2.42. The van der Waals surface area contributed by atoms with Crippen molar-refractivity contribution in [3.63, 3.8) is 0 Å². The highest BCUT2D eigenvalue weighted by Crippen LogP contribution is 2.26. The lowest BCUT2D eigenvalue weighted by Gasteiger charge is -2.21. The summed E-state index contributed by atoms with van der Waals surface area (Å²) in [5.74, 6) is 0.656. The second-order valence-electron chi connectivity index (χ2n) is 6.83. The quantitative estimate of drug-likeness (QED) is 0.647. The van der Waals surface area contributed by atoms with Crippen LogP contribution in [0.5, 0.6) is 0 Å². The van der Waals surface area contributed by atoms with Crippen molar-refractivity contribution >= 4 is 21.1 Å². The van der Waals surface area contributed by atoms with Gasteiger partial charge in [-0.15, -0.1) is 0 Å². The molecule has 0 bridgehead atoms. The monoisotopic (exact) mass is 372 g/mol. The van der Waals surface area contributed by atoms with E-state index < -0.39 is 9.84 Å². The number of imidazole rings is 1. The molecule has 1 fully saturated rings. The molecule has 0 saturated heterocycles. The summed E-state index contributed by atoms with van der Waals surface area (Å²) >= 11 is 0. The van der Waals surface area contributed by atoms with Crippen LogP contribution in [0.15, 0.2) is 30.1 Å². The van der Waals surface area contributed by atoms with Crippen LogP contribution in [0.25, 0.3) is 22.6 Å². The van der Waals surface area contributed by atoms with Gasteiger partial charge in [0.2, 0.25) is 15.0 Å². The van der Waals surface area contributed by atoms with Crippen LogP contribution in [-0.4, -0.2) is 44.2 Å². The van der Waals surface area contributed by atoms with Gasteiger partial charge in [0, 0.05) is 30.8 Å². The maximum absolute atomic E-state index is 11.5. The topological polar surface area (TPSA) is 104 Å². The maximum Gasteiger partial charge on any atom is 0.246 e. The van der Waals surface area contributed by atoms with Crippen molar-refractivity contribution in [3.05, 3.63) is 24.9 Å². The second kappa shape index (κ2) is 6.71. The molecule has 0 aromatic carbocycles. The third-order valence-corrected chi connectivity index (χ3v) is 5.64. The first kappa shape index (κ1) is 17.0. The number of nitrogens with zero attached hydrogens (tertiary/aromatic N) is 6. The lowest BCUT2D eigenvalue weighted by Crippen LogP contribution is -2.14. The molecule has 0 N–H and O–H groups in total. The van der Waals surface area contributed by atoms with Gasteiger partial charge < -0.3 is 4.57 Å². The van der Waals surface area contributed by atoms with Gasteiger partial charge in [0.15, 0.2) is 11.3 Å². The van der Waals surface area contributed by atoms with Crippen LogP contribution in [0.3, 0.4) is 0 Å². The van der Waals surface area contributed by atoms with Crippen molar-refractivity contribution in [2.45, 2.75) is 43.8 Å². The Morgan fingerprint density at radius 1 is 1.04 bits per heavy atom. The standard InChI is InChI=1S/C17H20N6O2S/c1-26(24,25)17-19-7-13(8-20-17)14-9-18-15-16(22-14)23(11-21-15)10-12-5-3-2-4-6-12/h7-9,11-12H,2-6,10H2,1H3. The smallest absolute Gasteiger partial charge is 0.246 e. The predicted molar refractivity (Wildman–Crippen MR) is 96.0 cm³/mol. The minimum atomic E-state index is -3.42. The molecule has 3 aromatic heterocycles. The van der Waals surface area contributed by atoms with E-state index in [2.05, 4.69) is 29.5 Å². The van der Waals surface area contributed by atoms with Crippen molar-refractivity contribution in [3.8, 4) is 11.3 Å². The number of hydrogen-bond acceptors (Lipinski definition) is 7. The first-order valence-electron chi connectivity index (χ1n) is 8.71. The summed E-state index contributed by atoms with van der Waals surface area (Å²) in [4.78, 5) is 21.2. The number of aromatic nitrogens is 6. The van der Waals surface area contributed by atoms with Gasteiger partial charge in [0.1, 0.15) is 0 Å². The summed E-state index contributed by atoms with van der Waals surface area (Å²) in [6.07, 6.45) is 13.8. The van der Waals surface area contributed by atoms with E-state index in [9.17, 15) is 8.42 Å². The van der Waals surface area contributed by atoms with Crippen molar-refractivity contribution in [1.82, 2.24) is 29.5 Å². The Morgan fingerprint density at radius 2 is 1.77 bits per heavy atom. The molecule has 0 atom stereocenters. The molecule has 0 unspecified atom stereocenters. The minimum absolute atomic E-state index is 0.197. The van der Waals surface area contributed by atoms with Crippen LogP contribution < -0.4 is 0 Å². The highest BCUT2D eigenvalue weighted by molar-refractivity contribution is 7.90. The molecule has 26 heavy (non-hydrogen) atoms. The molecule has 1 aliphatic rings. The third-order valence-electron chi connectivity index (χ3n) is 4.76. The van der Waals surface area contributed by atoms with Crippen LogP contribution in [-0.2, 0) is 16.4 Å². The lowest BCUT2D eigenvalue weighted by atomic mass is 9.89. The molecule has 0 aliphatic heterocycles. The fourth-order valence-electron chi connectivity index (χ4n) is 3.40. The second-order valence-corrected chi connectivity index (χ2v) is 8.74. The minimum Gasteiger partial charge on any atom is -0.314 e. The summed E-state index contributed by atoms with van der Waals surface area (Å²) in [5.41, 5.74) is 2.57. The Kier molecular flexibility index (Phi) is 4.39. The SMILES string of the molecule is CS(=O)(=O)c1ncc(-c2cnc3ncn(CC4CCCCC4)c3n2)cn1. The molecule has 3 heterocycles. The van der Waals surface area contributed by atoms with E-state index in [1.54, 1.807) is 12.5 Å². The highest BCUT2D eigenvalue weighted by atomic mass is 32.2. The molecule has 8 nitrogen and oxygen atoms in total. The Labute approximate surface area is 151 Å². The molecule has 1 aliphatic carbocycles. The molecule has 0 spiro atoms. The molecule has 0 amide bonds.